The van der Waals surface area contributed by atoms with E-state index in [1.54, 1.807) is 39.0 Å². The Hall–Kier alpha value is -1.53. The number of halogens is 1. The third-order valence-electron chi connectivity index (χ3n) is 1.87. The lowest BCUT2D eigenvalue weighted by molar-refractivity contribution is 0.0636. The minimum absolute atomic E-state index is 0.143. The zero-order valence-electron chi connectivity index (χ0n) is 10.9. The van der Waals surface area contributed by atoms with Gasteiger partial charge in [0, 0.05) is 5.69 Å². The molecule has 1 amide bonds. The summed E-state index contributed by atoms with van der Waals surface area (Å²) >= 11 is 10.8. The topological polar surface area (TPSA) is 76.4 Å². The van der Waals surface area contributed by atoms with E-state index in [0.29, 0.717) is 16.4 Å². The number of thiocarbonyl (C=S) groups is 1. The Balaban J connectivity index is 2.75. The molecular formula is C12H16ClN3O2S. The van der Waals surface area contributed by atoms with Crippen LogP contribution in [-0.2, 0) is 4.74 Å². The Morgan fingerprint density at radius 1 is 1.37 bits per heavy atom. The number of rotatable bonds is 2. The molecule has 0 spiro atoms. The lowest BCUT2D eigenvalue weighted by Gasteiger charge is -2.20. The molecule has 0 fully saturated rings. The van der Waals surface area contributed by atoms with Crippen molar-refractivity contribution in [3.05, 3.63) is 23.2 Å². The molecule has 5 nitrogen and oxygen atoms in total. The van der Waals surface area contributed by atoms with E-state index in [1.165, 1.54) is 0 Å². The van der Waals surface area contributed by atoms with Crippen LogP contribution in [0.3, 0.4) is 0 Å². The van der Waals surface area contributed by atoms with Crippen LogP contribution in [0, 0.1) is 0 Å². The molecule has 0 aliphatic heterocycles. The molecule has 7 heteroatoms. The molecule has 0 unspecified atom stereocenters. The summed E-state index contributed by atoms with van der Waals surface area (Å²) in [5.41, 5.74) is 5.88. The van der Waals surface area contributed by atoms with Crippen molar-refractivity contribution in [1.29, 1.82) is 0 Å². The Morgan fingerprint density at radius 2 is 2.00 bits per heavy atom. The van der Waals surface area contributed by atoms with E-state index in [1.807, 2.05) is 0 Å². The first-order chi connectivity index (χ1) is 8.67. The highest BCUT2D eigenvalue weighted by Gasteiger charge is 2.17. The molecule has 0 heterocycles. The van der Waals surface area contributed by atoms with Crippen molar-refractivity contribution in [2.24, 2.45) is 5.73 Å². The second-order valence-corrected chi connectivity index (χ2v) is 5.66. The van der Waals surface area contributed by atoms with Gasteiger partial charge in [0.25, 0.3) is 0 Å². The van der Waals surface area contributed by atoms with Crippen molar-refractivity contribution in [3.8, 4) is 0 Å². The lowest BCUT2D eigenvalue weighted by atomic mass is 10.2. The molecule has 0 bridgehead atoms. The number of anilines is 2. The third kappa shape index (κ3) is 5.76. The Morgan fingerprint density at radius 3 is 2.47 bits per heavy atom. The fourth-order valence-electron chi connectivity index (χ4n) is 1.25. The van der Waals surface area contributed by atoms with Crippen LogP contribution >= 0.6 is 23.8 Å². The van der Waals surface area contributed by atoms with Gasteiger partial charge in [0.15, 0.2) is 5.11 Å². The summed E-state index contributed by atoms with van der Waals surface area (Å²) in [5.74, 6) is 0. The van der Waals surface area contributed by atoms with Crippen LogP contribution in [0.2, 0.25) is 5.02 Å². The number of nitrogens with one attached hydrogen (secondary N) is 2. The van der Waals surface area contributed by atoms with Crippen molar-refractivity contribution in [2.45, 2.75) is 26.4 Å². The molecular weight excluding hydrogens is 286 g/mol. The number of hydrogen-bond donors (Lipinski definition) is 3. The molecule has 104 valence electrons. The maximum atomic E-state index is 11.6. The average molecular weight is 302 g/mol. The van der Waals surface area contributed by atoms with E-state index in [9.17, 15) is 4.79 Å². The monoisotopic (exact) mass is 301 g/mol. The van der Waals surface area contributed by atoms with Crippen LogP contribution in [0.4, 0.5) is 16.2 Å². The second-order valence-electron chi connectivity index (χ2n) is 4.81. The van der Waals surface area contributed by atoms with Gasteiger partial charge < -0.3 is 15.8 Å². The van der Waals surface area contributed by atoms with Crippen LogP contribution in [0.15, 0.2) is 18.2 Å². The highest BCUT2D eigenvalue weighted by atomic mass is 35.5. The molecule has 1 aromatic rings. The molecule has 0 radical (unpaired) electrons. The van der Waals surface area contributed by atoms with Gasteiger partial charge in [0.1, 0.15) is 5.60 Å². The van der Waals surface area contributed by atoms with Crippen molar-refractivity contribution >= 4 is 46.4 Å². The van der Waals surface area contributed by atoms with Crippen molar-refractivity contribution in [2.75, 3.05) is 10.6 Å². The summed E-state index contributed by atoms with van der Waals surface area (Å²) in [6.45, 7) is 5.34. The van der Waals surface area contributed by atoms with Gasteiger partial charge in [0.2, 0.25) is 0 Å². The smallest absolute Gasteiger partial charge is 0.412 e. The molecule has 0 aromatic heterocycles. The van der Waals surface area contributed by atoms with E-state index in [2.05, 4.69) is 10.6 Å². The summed E-state index contributed by atoms with van der Waals surface area (Å²) in [6.07, 6.45) is -0.565. The fraction of sp³-hybridized carbons (Fsp3) is 0.333. The van der Waals surface area contributed by atoms with Crippen molar-refractivity contribution in [3.63, 3.8) is 0 Å². The van der Waals surface area contributed by atoms with Gasteiger partial charge in [-0.05, 0) is 51.2 Å². The number of carbonyl (C=O) groups is 1. The van der Waals surface area contributed by atoms with Gasteiger partial charge in [-0.15, -0.1) is 0 Å². The SMILES string of the molecule is CC(C)(C)OC(=O)Nc1ccc(NC(N)=S)cc1Cl. The standard InChI is InChI=1S/C12H16ClN3O2S/c1-12(2,3)18-11(17)16-9-5-4-7(6-8(9)13)15-10(14)19/h4-6H,1-3H3,(H,16,17)(H3,14,15,19). The predicted molar refractivity (Wildman–Crippen MR) is 81.7 cm³/mol. The largest absolute Gasteiger partial charge is 0.444 e. The summed E-state index contributed by atoms with van der Waals surface area (Å²) in [4.78, 5) is 11.6. The molecule has 19 heavy (non-hydrogen) atoms. The minimum Gasteiger partial charge on any atom is -0.444 e. The molecule has 0 saturated heterocycles. The van der Waals surface area contributed by atoms with Crippen LogP contribution in [-0.4, -0.2) is 16.8 Å². The van der Waals surface area contributed by atoms with E-state index < -0.39 is 11.7 Å². The first-order valence-corrected chi connectivity index (χ1v) is 6.32. The predicted octanol–water partition coefficient (Wildman–Crippen LogP) is 3.34. The highest BCUT2D eigenvalue weighted by Crippen LogP contribution is 2.26. The second kappa shape index (κ2) is 6.08. The summed E-state index contributed by atoms with van der Waals surface area (Å²) in [7, 11) is 0. The first-order valence-electron chi connectivity index (χ1n) is 5.53. The van der Waals surface area contributed by atoms with Gasteiger partial charge in [-0.1, -0.05) is 11.6 Å². The van der Waals surface area contributed by atoms with Crippen LogP contribution in [0.25, 0.3) is 0 Å². The van der Waals surface area contributed by atoms with E-state index >= 15 is 0 Å². The number of carbonyl (C=O) groups excluding carboxylic acids is 1. The van der Waals surface area contributed by atoms with Gasteiger partial charge >= 0.3 is 6.09 Å². The van der Waals surface area contributed by atoms with Crippen molar-refractivity contribution < 1.29 is 9.53 Å². The summed E-state index contributed by atoms with van der Waals surface area (Å²) in [6, 6.07) is 4.93. The number of benzene rings is 1. The maximum Gasteiger partial charge on any atom is 0.412 e. The van der Waals surface area contributed by atoms with Gasteiger partial charge in [0.05, 0.1) is 10.7 Å². The molecule has 0 aliphatic rings. The maximum absolute atomic E-state index is 11.6. The zero-order valence-corrected chi connectivity index (χ0v) is 12.5. The Kier molecular flexibility index (Phi) is 4.97. The number of amides is 1. The normalized spacial score (nSPS) is 10.7. The first kappa shape index (κ1) is 15.5. The molecule has 0 aliphatic carbocycles. The van der Waals surface area contributed by atoms with Crippen LogP contribution in [0.1, 0.15) is 20.8 Å². The Labute approximate surface area is 122 Å². The van der Waals surface area contributed by atoms with Gasteiger partial charge in [-0.3, -0.25) is 5.32 Å². The summed E-state index contributed by atoms with van der Waals surface area (Å²) in [5, 5.41) is 5.80. The minimum atomic E-state index is -0.566. The lowest BCUT2D eigenvalue weighted by Crippen LogP contribution is -2.27. The highest BCUT2D eigenvalue weighted by molar-refractivity contribution is 7.80. The van der Waals surface area contributed by atoms with Crippen molar-refractivity contribution in [1.82, 2.24) is 0 Å². The Bertz CT molecular complexity index is 500. The van der Waals surface area contributed by atoms with E-state index in [0.717, 1.165) is 0 Å². The van der Waals surface area contributed by atoms with Crippen LogP contribution in [0.5, 0.6) is 0 Å². The van der Waals surface area contributed by atoms with Gasteiger partial charge in [-0.2, -0.15) is 0 Å². The van der Waals surface area contributed by atoms with Gasteiger partial charge in [-0.25, -0.2) is 4.79 Å². The molecule has 4 N–H and O–H groups in total. The molecule has 0 saturated carbocycles. The zero-order chi connectivity index (χ0) is 14.6. The number of nitrogens with two attached hydrogens (primary N) is 1. The van der Waals surface area contributed by atoms with E-state index in [-0.39, 0.29) is 5.11 Å². The fourth-order valence-corrected chi connectivity index (χ4v) is 1.60. The van der Waals surface area contributed by atoms with E-state index in [4.69, 9.17) is 34.3 Å². The summed E-state index contributed by atoms with van der Waals surface area (Å²) < 4.78 is 5.13. The molecule has 1 rings (SSSR count). The molecule has 0 atom stereocenters. The van der Waals surface area contributed by atoms with Crippen LogP contribution < -0.4 is 16.4 Å². The third-order valence-corrected chi connectivity index (χ3v) is 2.29. The molecule has 1 aromatic carbocycles. The quantitative estimate of drug-likeness (QED) is 0.730. The average Bonchev–Trinajstić information content (AvgIpc) is 2.18. The number of hydrogen-bond acceptors (Lipinski definition) is 3. The number of ether oxygens (including phenoxy) is 1.